The van der Waals surface area contributed by atoms with E-state index in [-0.39, 0.29) is 6.10 Å². The number of nitrogens with zero attached hydrogens (tertiary/aromatic N) is 2. The molecule has 0 aliphatic heterocycles. The minimum absolute atomic E-state index is 0.178. The normalized spacial score (nSPS) is 11.1. The van der Waals surface area contributed by atoms with E-state index in [0.717, 1.165) is 35.7 Å². The van der Waals surface area contributed by atoms with Gasteiger partial charge in [0.05, 0.1) is 6.10 Å². The van der Waals surface area contributed by atoms with E-state index in [1.165, 1.54) is 0 Å². The predicted octanol–water partition coefficient (Wildman–Crippen LogP) is 3.41. The van der Waals surface area contributed by atoms with Gasteiger partial charge in [-0.25, -0.2) is 4.98 Å². The van der Waals surface area contributed by atoms with E-state index in [1.54, 1.807) is 0 Å². The van der Waals surface area contributed by atoms with Crippen LogP contribution in [0.1, 0.15) is 33.0 Å². The molecule has 2 rings (SSSR count). The summed E-state index contributed by atoms with van der Waals surface area (Å²) in [5.41, 5.74) is 8.03. The molecule has 108 valence electrons. The van der Waals surface area contributed by atoms with Crippen molar-refractivity contribution in [2.24, 2.45) is 7.05 Å². The molecular weight excluding hydrogens is 250 g/mol. The molecule has 0 saturated heterocycles. The molecule has 0 amide bonds. The van der Waals surface area contributed by atoms with Crippen molar-refractivity contribution >= 4 is 5.82 Å². The zero-order chi connectivity index (χ0) is 14.7. The number of hydrogen-bond acceptors (Lipinski definition) is 3. The smallest absolute Gasteiger partial charge is 0.131 e. The second kappa shape index (κ2) is 5.99. The molecule has 2 aromatic rings. The average Bonchev–Trinajstić information content (AvgIpc) is 2.68. The summed E-state index contributed by atoms with van der Waals surface area (Å²) in [5.74, 6) is 2.61. The molecule has 0 aliphatic carbocycles. The van der Waals surface area contributed by atoms with Gasteiger partial charge in [-0.3, -0.25) is 0 Å². The Morgan fingerprint density at radius 3 is 2.45 bits per heavy atom. The molecule has 0 atom stereocenters. The van der Waals surface area contributed by atoms with Crippen molar-refractivity contribution < 1.29 is 4.74 Å². The zero-order valence-electron chi connectivity index (χ0n) is 12.7. The Labute approximate surface area is 120 Å². The van der Waals surface area contributed by atoms with Gasteiger partial charge in [0.1, 0.15) is 23.1 Å². The Morgan fingerprint density at radius 1 is 1.25 bits per heavy atom. The van der Waals surface area contributed by atoms with Crippen molar-refractivity contribution in [2.45, 2.75) is 39.7 Å². The molecule has 0 spiro atoms. The maximum absolute atomic E-state index is 6.15. The van der Waals surface area contributed by atoms with Crippen LogP contribution in [-0.2, 0) is 13.5 Å². The van der Waals surface area contributed by atoms with Gasteiger partial charge < -0.3 is 15.0 Å². The molecule has 4 heteroatoms. The summed E-state index contributed by atoms with van der Waals surface area (Å²) in [5, 5.41) is 0. The molecule has 2 N–H and O–H groups in total. The lowest BCUT2D eigenvalue weighted by atomic mass is 10.1. The van der Waals surface area contributed by atoms with Gasteiger partial charge in [0.2, 0.25) is 0 Å². The monoisotopic (exact) mass is 273 g/mol. The van der Waals surface area contributed by atoms with Crippen molar-refractivity contribution in [3.63, 3.8) is 0 Å². The van der Waals surface area contributed by atoms with Crippen LogP contribution in [0.15, 0.2) is 24.3 Å². The lowest BCUT2D eigenvalue weighted by Gasteiger charge is -2.09. The molecule has 0 bridgehead atoms. The highest BCUT2D eigenvalue weighted by atomic mass is 16.5. The van der Waals surface area contributed by atoms with Crippen LogP contribution in [0, 0.1) is 0 Å². The lowest BCUT2D eigenvalue weighted by molar-refractivity contribution is 0.242. The third-order valence-electron chi connectivity index (χ3n) is 3.21. The third-order valence-corrected chi connectivity index (χ3v) is 3.21. The first-order valence-corrected chi connectivity index (χ1v) is 7.11. The average molecular weight is 273 g/mol. The molecule has 1 aromatic heterocycles. The second-order valence-corrected chi connectivity index (χ2v) is 5.26. The molecule has 0 fully saturated rings. The minimum Gasteiger partial charge on any atom is -0.491 e. The Kier molecular flexibility index (Phi) is 4.32. The van der Waals surface area contributed by atoms with E-state index >= 15 is 0 Å². The largest absolute Gasteiger partial charge is 0.491 e. The van der Waals surface area contributed by atoms with Gasteiger partial charge in [0, 0.05) is 19.0 Å². The van der Waals surface area contributed by atoms with Crippen LogP contribution in [0.3, 0.4) is 0 Å². The number of nitrogen functional groups attached to an aromatic ring is 1. The first-order chi connectivity index (χ1) is 9.52. The van der Waals surface area contributed by atoms with Gasteiger partial charge in [0.15, 0.2) is 0 Å². The van der Waals surface area contributed by atoms with Gasteiger partial charge in [-0.05, 0) is 44.5 Å². The van der Waals surface area contributed by atoms with Crippen molar-refractivity contribution in [3.8, 4) is 17.0 Å². The number of anilines is 1. The zero-order valence-corrected chi connectivity index (χ0v) is 12.7. The summed E-state index contributed by atoms with van der Waals surface area (Å²) in [6.07, 6.45) is 2.18. The van der Waals surface area contributed by atoms with Gasteiger partial charge in [-0.15, -0.1) is 0 Å². The number of nitrogens with two attached hydrogens (primary N) is 1. The van der Waals surface area contributed by atoms with E-state index in [0.29, 0.717) is 5.82 Å². The molecule has 0 aliphatic rings. The van der Waals surface area contributed by atoms with E-state index < -0.39 is 0 Å². The van der Waals surface area contributed by atoms with Crippen LogP contribution >= 0.6 is 0 Å². The van der Waals surface area contributed by atoms with Crippen LogP contribution in [0.5, 0.6) is 5.75 Å². The molecule has 0 unspecified atom stereocenters. The summed E-state index contributed by atoms with van der Waals surface area (Å²) < 4.78 is 7.62. The third kappa shape index (κ3) is 2.95. The summed E-state index contributed by atoms with van der Waals surface area (Å²) in [7, 11) is 1.97. The molecule has 0 radical (unpaired) electrons. The molecule has 20 heavy (non-hydrogen) atoms. The van der Waals surface area contributed by atoms with Gasteiger partial charge in [0.25, 0.3) is 0 Å². The number of rotatable bonds is 5. The van der Waals surface area contributed by atoms with Crippen molar-refractivity contribution in [1.29, 1.82) is 0 Å². The molecule has 1 aromatic carbocycles. The lowest BCUT2D eigenvalue weighted by Crippen LogP contribution is -2.05. The minimum atomic E-state index is 0.178. The van der Waals surface area contributed by atoms with Crippen molar-refractivity contribution in [1.82, 2.24) is 9.55 Å². The van der Waals surface area contributed by atoms with Gasteiger partial charge in [-0.2, -0.15) is 0 Å². The summed E-state index contributed by atoms with van der Waals surface area (Å²) >= 11 is 0. The highest BCUT2D eigenvalue weighted by Gasteiger charge is 2.13. The molecule has 0 saturated carbocycles. The van der Waals surface area contributed by atoms with Crippen LogP contribution in [0.4, 0.5) is 5.82 Å². The molecule has 4 nitrogen and oxygen atoms in total. The predicted molar refractivity (Wildman–Crippen MR) is 82.8 cm³/mol. The standard InChI is InChI=1S/C16H23N3O/c1-5-6-14-18-15(16(17)19(14)4)12-7-9-13(10-8-12)20-11(2)3/h7-11H,5-6,17H2,1-4H3. The van der Waals surface area contributed by atoms with Crippen molar-refractivity contribution in [2.75, 3.05) is 5.73 Å². The number of benzene rings is 1. The van der Waals surface area contributed by atoms with Gasteiger partial charge >= 0.3 is 0 Å². The summed E-state index contributed by atoms with van der Waals surface area (Å²) in [6.45, 7) is 6.17. The SMILES string of the molecule is CCCc1nc(-c2ccc(OC(C)C)cc2)c(N)n1C. The second-order valence-electron chi connectivity index (χ2n) is 5.26. The first kappa shape index (κ1) is 14.4. The number of hydrogen-bond donors (Lipinski definition) is 1. The van der Waals surface area contributed by atoms with Crippen LogP contribution in [-0.4, -0.2) is 15.7 Å². The Bertz CT molecular complexity index is 570. The van der Waals surface area contributed by atoms with Crippen LogP contribution in [0.25, 0.3) is 11.3 Å². The first-order valence-electron chi connectivity index (χ1n) is 7.11. The van der Waals surface area contributed by atoms with E-state index in [4.69, 9.17) is 10.5 Å². The number of imidazole rings is 1. The summed E-state index contributed by atoms with van der Waals surface area (Å²) in [6, 6.07) is 7.93. The topological polar surface area (TPSA) is 53.1 Å². The van der Waals surface area contributed by atoms with E-state index in [2.05, 4.69) is 11.9 Å². The van der Waals surface area contributed by atoms with Gasteiger partial charge in [-0.1, -0.05) is 6.92 Å². The van der Waals surface area contributed by atoms with E-state index in [9.17, 15) is 0 Å². The fourth-order valence-corrected chi connectivity index (χ4v) is 2.18. The number of aryl methyl sites for hydroxylation is 1. The van der Waals surface area contributed by atoms with Crippen LogP contribution < -0.4 is 10.5 Å². The van der Waals surface area contributed by atoms with Crippen LogP contribution in [0.2, 0.25) is 0 Å². The summed E-state index contributed by atoms with van der Waals surface area (Å²) in [4.78, 5) is 4.66. The van der Waals surface area contributed by atoms with E-state index in [1.807, 2.05) is 49.7 Å². The Balaban J connectivity index is 2.29. The highest BCUT2D eigenvalue weighted by Crippen LogP contribution is 2.27. The maximum Gasteiger partial charge on any atom is 0.131 e. The maximum atomic E-state index is 6.15. The Hall–Kier alpha value is -1.97. The Morgan fingerprint density at radius 2 is 1.90 bits per heavy atom. The highest BCUT2D eigenvalue weighted by molar-refractivity contribution is 5.71. The molecular formula is C16H23N3O. The molecule has 1 heterocycles. The fraction of sp³-hybridized carbons (Fsp3) is 0.438. The quantitative estimate of drug-likeness (QED) is 0.908. The number of aromatic nitrogens is 2. The van der Waals surface area contributed by atoms with Crippen molar-refractivity contribution in [3.05, 3.63) is 30.1 Å². The number of ether oxygens (including phenoxy) is 1. The fourth-order valence-electron chi connectivity index (χ4n) is 2.18.